The third-order valence-electron chi connectivity index (χ3n) is 2.73. The molecular weight excluding hydrogens is 340 g/mol. The van der Waals surface area contributed by atoms with Gasteiger partial charge < -0.3 is 19.3 Å². The van der Waals surface area contributed by atoms with E-state index in [4.69, 9.17) is 19.3 Å². The average Bonchev–Trinajstić information content (AvgIpc) is 2.48. The number of rotatable bonds is 5. The standard InChI is InChI=1S/C15H13BrO5/c1-19-10-6-11(20-2)8-12(7-10)21-14-4-3-9(15(17)18)5-13(14)16/h3-8H,1-2H3,(H,17,18). The van der Waals surface area contributed by atoms with E-state index in [1.807, 2.05) is 0 Å². The van der Waals surface area contributed by atoms with Crippen molar-refractivity contribution in [3.05, 3.63) is 46.4 Å². The van der Waals surface area contributed by atoms with Gasteiger partial charge in [0.15, 0.2) is 0 Å². The van der Waals surface area contributed by atoms with Gasteiger partial charge in [0, 0.05) is 18.2 Å². The lowest BCUT2D eigenvalue weighted by atomic mass is 10.2. The second-order valence-electron chi connectivity index (χ2n) is 4.10. The molecule has 0 bridgehead atoms. The number of halogens is 1. The maximum Gasteiger partial charge on any atom is 0.335 e. The van der Waals surface area contributed by atoms with Crippen LogP contribution in [0.15, 0.2) is 40.9 Å². The van der Waals surface area contributed by atoms with Crippen LogP contribution in [0.5, 0.6) is 23.0 Å². The minimum atomic E-state index is -0.995. The Morgan fingerprint density at radius 1 is 1.00 bits per heavy atom. The van der Waals surface area contributed by atoms with Crippen LogP contribution in [0, 0.1) is 0 Å². The van der Waals surface area contributed by atoms with E-state index in [0.717, 1.165) is 0 Å². The van der Waals surface area contributed by atoms with Gasteiger partial charge >= 0.3 is 5.97 Å². The van der Waals surface area contributed by atoms with Crippen LogP contribution in [0.2, 0.25) is 0 Å². The summed E-state index contributed by atoms with van der Waals surface area (Å²) in [6.07, 6.45) is 0. The first-order valence-corrected chi connectivity index (χ1v) is 6.76. The number of carbonyl (C=O) groups is 1. The lowest BCUT2D eigenvalue weighted by Crippen LogP contribution is -1.96. The van der Waals surface area contributed by atoms with Gasteiger partial charge in [0.05, 0.1) is 24.3 Å². The van der Waals surface area contributed by atoms with E-state index in [0.29, 0.717) is 27.5 Å². The van der Waals surface area contributed by atoms with Gasteiger partial charge in [0.1, 0.15) is 23.0 Å². The van der Waals surface area contributed by atoms with E-state index in [-0.39, 0.29) is 5.56 Å². The zero-order chi connectivity index (χ0) is 15.4. The normalized spacial score (nSPS) is 10.0. The fraction of sp³-hybridized carbons (Fsp3) is 0.133. The average molecular weight is 353 g/mol. The Bertz CT molecular complexity index is 647. The van der Waals surface area contributed by atoms with Gasteiger partial charge in [0.2, 0.25) is 0 Å². The van der Waals surface area contributed by atoms with Crippen molar-refractivity contribution in [1.29, 1.82) is 0 Å². The van der Waals surface area contributed by atoms with Crippen molar-refractivity contribution < 1.29 is 24.1 Å². The number of hydrogen-bond acceptors (Lipinski definition) is 4. The number of methoxy groups -OCH3 is 2. The predicted molar refractivity (Wildman–Crippen MR) is 80.7 cm³/mol. The SMILES string of the molecule is COc1cc(OC)cc(Oc2ccc(C(=O)O)cc2Br)c1. The summed E-state index contributed by atoms with van der Waals surface area (Å²) in [5, 5.41) is 8.93. The van der Waals surface area contributed by atoms with Crippen LogP contribution in [0.1, 0.15) is 10.4 Å². The van der Waals surface area contributed by atoms with Gasteiger partial charge in [-0.15, -0.1) is 0 Å². The molecule has 5 nitrogen and oxygen atoms in total. The van der Waals surface area contributed by atoms with E-state index >= 15 is 0 Å². The lowest BCUT2D eigenvalue weighted by molar-refractivity contribution is 0.0697. The van der Waals surface area contributed by atoms with Crippen molar-refractivity contribution in [2.24, 2.45) is 0 Å². The first-order valence-electron chi connectivity index (χ1n) is 5.97. The summed E-state index contributed by atoms with van der Waals surface area (Å²) in [5.41, 5.74) is 0.178. The Morgan fingerprint density at radius 3 is 2.05 bits per heavy atom. The van der Waals surface area contributed by atoms with Crippen molar-refractivity contribution >= 4 is 21.9 Å². The zero-order valence-electron chi connectivity index (χ0n) is 11.4. The van der Waals surface area contributed by atoms with Gasteiger partial charge in [-0.25, -0.2) is 4.79 Å². The lowest BCUT2D eigenvalue weighted by Gasteiger charge is -2.11. The molecule has 21 heavy (non-hydrogen) atoms. The van der Waals surface area contributed by atoms with Crippen molar-refractivity contribution in [3.8, 4) is 23.0 Å². The summed E-state index contributed by atoms with van der Waals surface area (Å²) >= 11 is 3.29. The number of carboxylic acids is 1. The fourth-order valence-corrected chi connectivity index (χ4v) is 2.14. The molecule has 2 aromatic carbocycles. The summed E-state index contributed by atoms with van der Waals surface area (Å²) in [4.78, 5) is 10.9. The zero-order valence-corrected chi connectivity index (χ0v) is 13.0. The molecule has 0 aliphatic carbocycles. The first kappa shape index (κ1) is 15.2. The number of hydrogen-bond donors (Lipinski definition) is 1. The molecule has 2 rings (SSSR count). The van der Waals surface area contributed by atoms with Crippen LogP contribution in [-0.2, 0) is 0 Å². The topological polar surface area (TPSA) is 65.0 Å². The van der Waals surface area contributed by atoms with Crippen LogP contribution in [-0.4, -0.2) is 25.3 Å². The van der Waals surface area contributed by atoms with E-state index in [1.165, 1.54) is 12.1 Å². The van der Waals surface area contributed by atoms with Gasteiger partial charge in [-0.05, 0) is 34.1 Å². The van der Waals surface area contributed by atoms with Gasteiger partial charge in [-0.3, -0.25) is 0 Å². The summed E-state index contributed by atoms with van der Waals surface area (Å²) in [5.74, 6) is 1.22. The minimum Gasteiger partial charge on any atom is -0.496 e. The molecule has 0 heterocycles. The smallest absolute Gasteiger partial charge is 0.335 e. The third-order valence-corrected chi connectivity index (χ3v) is 3.35. The van der Waals surface area contributed by atoms with Crippen molar-refractivity contribution in [2.45, 2.75) is 0 Å². The molecule has 2 aromatic rings. The molecule has 0 atom stereocenters. The molecule has 0 amide bonds. The Hall–Kier alpha value is -2.21. The molecule has 6 heteroatoms. The Kier molecular flexibility index (Phi) is 4.70. The van der Waals surface area contributed by atoms with Gasteiger partial charge in [0.25, 0.3) is 0 Å². The van der Waals surface area contributed by atoms with Crippen LogP contribution in [0.25, 0.3) is 0 Å². The Morgan fingerprint density at radius 2 is 1.57 bits per heavy atom. The molecule has 110 valence electrons. The summed E-state index contributed by atoms with van der Waals surface area (Å²) in [7, 11) is 3.10. The number of aromatic carboxylic acids is 1. The van der Waals surface area contributed by atoms with Crippen molar-refractivity contribution in [1.82, 2.24) is 0 Å². The Balaban J connectivity index is 2.31. The summed E-state index contributed by atoms with van der Waals surface area (Å²) in [6.45, 7) is 0. The summed E-state index contributed by atoms with van der Waals surface area (Å²) < 4.78 is 16.6. The molecule has 0 aliphatic heterocycles. The van der Waals surface area contributed by atoms with Crippen molar-refractivity contribution in [3.63, 3.8) is 0 Å². The molecule has 0 aromatic heterocycles. The molecule has 1 N–H and O–H groups in total. The summed E-state index contributed by atoms with van der Waals surface area (Å²) in [6, 6.07) is 9.68. The minimum absolute atomic E-state index is 0.178. The molecule has 0 aliphatic rings. The highest BCUT2D eigenvalue weighted by molar-refractivity contribution is 9.10. The maximum absolute atomic E-state index is 10.9. The molecule has 0 spiro atoms. The monoisotopic (exact) mass is 352 g/mol. The van der Waals surface area contributed by atoms with Crippen LogP contribution >= 0.6 is 15.9 Å². The highest BCUT2D eigenvalue weighted by Crippen LogP contribution is 2.34. The van der Waals surface area contributed by atoms with Gasteiger partial charge in [-0.1, -0.05) is 0 Å². The molecule has 0 radical (unpaired) electrons. The molecule has 0 fully saturated rings. The predicted octanol–water partition coefficient (Wildman–Crippen LogP) is 3.96. The van der Waals surface area contributed by atoms with E-state index in [2.05, 4.69) is 15.9 Å². The first-order chi connectivity index (χ1) is 10.0. The Labute approximate surface area is 130 Å². The van der Waals surface area contributed by atoms with Crippen LogP contribution in [0.4, 0.5) is 0 Å². The number of carboxylic acid groups (broad SMARTS) is 1. The quantitative estimate of drug-likeness (QED) is 0.882. The highest BCUT2D eigenvalue weighted by atomic mass is 79.9. The maximum atomic E-state index is 10.9. The van der Waals surface area contributed by atoms with E-state index < -0.39 is 5.97 Å². The highest BCUT2D eigenvalue weighted by Gasteiger charge is 2.10. The van der Waals surface area contributed by atoms with Crippen molar-refractivity contribution in [2.75, 3.05) is 14.2 Å². The largest absolute Gasteiger partial charge is 0.496 e. The molecular formula is C15H13BrO5. The molecule has 0 saturated carbocycles. The number of benzene rings is 2. The van der Waals surface area contributed by atoms with E-state index in [9.17, 15) is 4.79 Å². The third kappa shape index (κ3) is 3.66. The van der Waals surface area contributed by atoms with E-state index in [1.54, 1.807) is 38.5 Å². The second kappa shape index (κ2) is 6.49. The fourth-order valence-electron chi connectivity index (χ4n) is 1.68. The molecule has 0 saturated heterocycles. The van der Waals surface area contributed by atoms with Gasteiger partial charge in [-0.2, -0.15) is 0 Å². The molecule has 0 unspecified atom stereocenters. The number of ether oxygens (including phenoxy) is 3. The van der Waals surface area contributed by atoms with Crippen LogP contribution in [0.3, 0.4) is 0 Å². The second-order valence-corrected chi connectivity index (χ2v) is 4.96. The van der Waals surface area contributed by atoms with Crippen LogP contribution < -0.4 is 14.2 Å².